The predicted molar refractivity (Wildman–Crippen MR) is 62.8 cm³/mol. The molecular weight excluding hydrogens is 254 g/mol. The lowest BCUT2D eigenvalue weighted by Crippen LogP contribution is -2.28. The Morgan fingerprint density at radius 1 is 1.50 bits per heavy atom. The Balaban J connectivity index is 2.46. The van der Waals surface area contributed by atoms with Crippen LogP contribution in [0.4, 0.5) is 11.5 Å². The first-order chi connectivity index (χ1) is 7.38. The molecule has 0 saturated carbocycles. The lowest BCUT2D eigenvalue weighted by molar-refractivity contribution is 0.589. The molecule has 1 aromatic rings. The maximum Gasteiger partial charge on any atom is 0.224 e. The summed E-state index contributed by atoms with van der Waals surface area (Å²) >= 11 is 5.57. The Morgan fingerprint density at radius 2 is 2.19 bits per heavy atom. The number of nitrogens with one attached hydrogen (secondary N) is 2. The van der Waals surface area contributed by atoms with Gasteiger partial charge in [-0.1, -0.05) is 0 Å². The van der Waals surface area contributed by atoms with E-state index in [0.29, 0.717) is 18.1 Å². The molecule has 0 amide bonds. The highest BCUT2D eigenvalue weighted by atomic mass is 35.5. The molecule has 1 rings (SSSR count). The monoisotopic (exact) mass is 265 g/mol. The molecule has 0 saturated heterocycles. The SMILES string of the molecule is CS(=O)(=O)NCCNc1nc(Cl)ncc1N. The van der Waals surface area contributed by atoms with Crippen LogP contribution < -0.4 is 15.8 Å². The van der Waals surface area contributed by atoms with Gasteiger partial charge in [0.05, 0.1) is 18.1 Å². The van der Waals surface area contributed by atoms with Gasteiger partial charge in [-0.25, -0.2) is 18.1 Å². The van der Waals surface area contributed by atoms with E-state index < -0.39 is 10.0 Å². The molecule has 90 valence electrons. The summed E-state index contributed by atoms with van der Waals surface area (Å²) in [6.07, 6.45) is 2.46. The van der Waals surface area contributed by atoms with Crippen LogP contribution in [0.3, 0.4) is 0 Å². The average molecular weight is 266 g/mol. The largest absolute Gasteiger partial charge is 0.394 e. The Labute approximate surface area is 98.5 Å². The molecule has 0 unspecified atom stereocenters. The van der Waals surface area contributed by atoms with Gasteiger partial charge in [0.25, 0.3) is 0 Å². The van der Waals surface area contributed by atoms with Crippen LogP contribution in [0.1, 0.15) is 0 Å². The summed E-state index contributed by atoms with van der Waals surface area (Å²) in [5, 5.41) is 2.92. The summed E-state index contributed by atoms with van der Waals surface area (Å²) in [6.45, 7) is 0.588. The standard InChI is InChI=1S/C7H12ClN5O2S/c1-16(14,15)12-3-2-10-6-5(9)4-11-7(8)13-6/h4,12H,2-3,9H2,1H3,(H,10,11,13). The van der Waals surface area contributed by atoms with Crippen molar-refractivity contribution in [2.45, 2.75) is 0 Å². The van der Waals surface area contributed by atoms with E-state index in [9.17, 15) is 8.42 Å². The molecule has 9 heteroatoms. The molecule has 4 N–H and O–H groups in total. The summed E-state index contributed by atoms with van der Waals surface area (Å²) < 4.78 is 23.8. The van der Waals surface area contributed by atoms with Gasteiger partial charge in [-0.3, -0.25) is 0 Å². The highest BCUT2D eigenvalue weighted by molar-refractivity contribution is 7.88. The van der Waals surface area contributed by atoms with E-state index in [1.54, 1.807) is 0 Å². The predicted octanol–water partition coefficient (Wildman–Crippen LogP) is -0.327. The number of hydrogen-bond donors (Lipinski definition) is 3. The van der Waals surface area contributed by atoms with Crippen LogP contribution in [-0.2, 0) is 10.0 Å². The number of hydrogen-bond acceptors (Lipinski definition) is 6. The molecule has 0 fully saturated rings. The molecule has 16 heavy (non-hydrogen) atoms. The first-order valence-corrected chi connectivity index (χ1v) is 6.62. The van der Waals surface area contributed by atoms with Gasteiger partial charge >= 0.3 is 0 Å². The molecule has 1 heterocycles. The van der Waals surface area contributed by atoms with Crippen LogP contribution in [0.5, 0.6) is 0 Å². The van der Waals surface area contributed by atoms with Gasteiger partial charge in [-0.15, -0.1) is 0 Å². The summed E-state index contributed by atoms with van der Waals surface area (Å²) in [5.74, 6) is 0.385. The van der Waals surface area contributed by atoms with Crippen molar-refractivity contribution in [3.8, 4) is 0 Å². The maximum absolute atomic E-state index is 10.8. The van der Waals surface area contributed by atoms with E-state index in [1.807, 2.05) is 0 Å². The fourth-order valence-electron chi connectivity index (χ4n) is 0.929. The van der Waals surface area contributed by atoms with Crippen LogP contribution in [0.2, 0.25) is 5.28 Å². The maximum atomic E-state index is 10.8. The average Bonchev–Trinajstić information content (AvgIpc) is 2.16. The van der Waals surface area contributed by atoms with E-state index in [4.69, 9.17) is 17.3 Å². The Bertz CT molecular complexity index is 464. The summed E-state index contributed by atoms with van der Waals surface area (Å²) in [6, 6.07) is 0. The lowest BCUT2D eigenvalue weighted by atomic mass is 10.5. The number of nitrogens with zero attached hydrogens (tertiary/aromatic N) is 2. The van der Waals surface area contributed by atoms with Crippen molar-refractivity contribution in [2.75, 3.05) is 30.4 Å². The zero-order valence-electron chi connectivity index (χ0n) is 8.57. The smallest absolute Gasteiger partial charge is 0.224 e. The minimum Gasteiger partial charge on any atom is -0.394 e. The number of aromatic nitrogens is 2. The van der Waals surface area contributed by atoms with Crippen LogP contribution in [-0.4, -0.2) is 37.7 Å². The highest BCUT2D eigenvalue weighted by Gasteiger charge is 2.03. The van der Waals surface area contributed by atoms with Gasteiger partial charge in [-0.2, -0.15) is 4.98 Å². The molecule has 1 aromatic heterocycles. The van der Waals surface area contributed by atoms with Gasteiger partial charge in [0.1, 0.15) is 0 Å². The van der Waals surface area contributed by atoms with Gasteiger partial charge in [0.15, 0.2) is 5.82 Å². The number of sulfonamides is 1. The van der Waals surface area contributed by atoms with E-state index in [2.05, 4.69) is 20.0 Å². The first kappa shape index (κ1) is 12.9. The van der Waals surface area contributed by atoms with E-state index in [0.717, 1.165) is 6.26 Å². The molecule has 7 nitrogen and oxygen atoms in total. The third-order valence-electron chi connectivity index (χ3n) is 1.57. The van der Waals surface area contributed by atoms with Gasteiger partial charge in [0.2, 0.25) is 15.3 Å². The van der Waals surface area contributed by atoms with E-state index in [1.165, 1.54) is 6.20 Å². The van der Waals surface area contributed by atoms with Crippen LogP contribution in [0, 0.1) is 0 Å². The normalized spacial score (nSPS) is 11.4. The van der Waals surface area contributed by atoms with Crippen LogP contribution >= 0.6 is 11.6 Å². The van der Waals surface area contributed by atoms with Crippen molar-refractivity contribution >= 4 is 33.1 Å². The molecule has 0 bridgehead atoms. The third kappa shape index (κ3) is 4.60. The second-order valence-electron chi connectivity index (χ2n) is 3.04. The quantitative estimate of drug-likeness (QED) is 0.497. The summed E-state index contributed by atoms with van der Waals surface area (Å²) in [7, 11) is -3.18. The number of nitrogens with two attached hydrogens (primary N) is 1. The number of anilines is 2. The zero-order chi connectivity index (χ0) is 12.2. The molecule has 0 aliphatic carbocycles. The molecule has 0 atom stereocenters. The van der Waals surface area contributed by atoms with Crippen molar-refractivity contribution in [2.24, 2.45) is 0 Å². The fraction of sp³-hybridized carbons (Fsp3) is 0.429. The Hall–Kier alpha value is -1.12. The molecule has 0 radical (unpaired) electrons. The zero-order valence-corrected chi connectivity index (χ0v) is 10.1. The molecule has 0 aliphatic rings. The topological polar surface area (TPSA) is 110 Å². The minimum atomic E-state index is -3.18. The van der Waals surface area contributed by atoms with Crippen LogP contribution in [0.25, 0.3) is 0 Å². The fourth-order valence-corrected chi connectivity index (χ4v) is 1.53. The molecule has 0 aliphatic heterocycles. The lowest BCUT2D eigenvalue weighted by Gasteiger charge is -2.07. The second-order valence-corrected chi connectivity index (χ2v) is 5.21. The van der Waals surface area contributed by atoms with Gasteiger partial charge < -0.3 is 11.1 Å². The first-order valence-electron chi connectivity index (χ1n) is 4.35. The third-order valence-corrected chi connectivity index (χ3v) is 2.48. The molecule has 0 aromatic carbocycles. The van der Waals surface area contributed by atoms with Crippen molar-refractivity contribution in [3.05, 3.63) is 11.5 Å². The Kier molecular flexibility index (Phi) is 4.27. The number of nitrogen functional groups attached to an aromatic ring is 1. The second kappa shape index (κ2) is 5.28. The van der Waals surface area contributed by atoms with Crippen molar-refractivity contribution in [3.63, 3.8) is 0 Å². The minimum absolute atomic E-state index is 0.0766. The Morgan fingerprint density at radius 3 is 2.81 bits per heavy atom. The van der Waals surface area contributed by atoms with Gasteiger partial charge in [-0.05, 0) is 11.6 Å². The molecule has 0 spiro atoms. The number of halogens is 1. The molecular formula is C7H12ClN5O2S. The number of rotatable bonds is 5. The van der Waals surface area contributed by atoms with Crippen LogP contribution in [0.15, 0.2) is 6.20 Å². The van der Waals surface area contributed by atoms with Crippen molar-refractivity contribution in [1.29, 1.82) is 0 Å². The highest BCUT2D eigenvalue weighted by Crippen LogP contribution is 2.14. The summed E-state index contributed by atoms with van der Waals surface area (Å²) in [4.78, 5) is 7.53. The summed E-state index contributed by atoms with van der Waals surface area (Å²) in [5.41, 5.74) is 5.92. The van der Waals surface area contributed by atoms with E-state index >= 15 is 0 Å². The van der Waals surface area contributed by atoms with E-state index in [-0.39, 0.29) is 11.8 Å². The van der Waals surface area contributed by atoms with Crippen molar-refractivity contribution in [1.82, 2.24) is 14.7 Å². The van der Waals surface area contributed by atoms with Gasteiger partial charge in [0, 0.05) is 13.1 Å². The van der Waals surface area contributed by atoms with Crippen molar-refractivity contribution < 1.29 is 8.42 Å².